The number of nitrogens with zero attached hydrogens (tertiary/aromatic N) is 1. The summed E-state index contributed by atoms with van der Waals surface area (Å²) in [7, 11) is 0. The number of hydrazone groups is 1. The molecule has 0 spiro atoms. The van der Waals surface area contributed by atoms with Crippen LogP contribution in [0.15, 0.2) is 53.6 Å². The Balaban J connectivity index is 1.37. The maximum Gasteiger partial charge on any atom is 0.341 e. The van der Waals surface area contributed by atoms with E-state index in [1.807, 2.05) is 6.07 Å². The van der Waals surface area contributed by atoms with E-state index in [2.05, 4.69) is 22.8 Å². The van der Waals surface area contributed by atoms with Gasteiger partial charge in [-0.2, -0.15) is 5.10 Å². The average molecular weight is 568 g/mol. The van der Waals surface area contributed by atoms with Crippen LogP contribution in [0.5, 0.6) is 5.75 Å². The molecule has 2 atom stereocenters. The fourth-order valence-electron chi connectivity index (χ4n) is 4.22. The zero-order valence-corrected chi connectivity index (χ0v) is 23.5. The average Bonchev–Trinajstić information content (AvgIpc) is 3.26. The Morgan fingerprint density at radius 2 is 1.97 bits per heavy atom. The molecule has 2 N–H and O–H groups in total. The third kappa shape index (κ3) is 7.25. The van der Waals surface area contributed by atoms with Gasteiger partial charge in [-0.3, -0.25) is 9.59 Å². The summed E-state index contributed by atoms with van der Waals surface area (Å²) in [6.07, 6.45) is 3.33. The lowest BCUT2D eigenvalue weighted by Crippen LogP contribution is -2.33. The molecule has 4 rings (SSSR count). The number of rotatable bonds is 9. The van der Waals surface area contributed by atoms with Crippen LogP contribution >= 0.6 is 22.9 Å². The zero-order valence-electron chi connectivity index (χ0n) is 22.0. The van der Waals surface area contributed by atoms with Crippen molar-refractivity contribution in [2.24, 2.45) is 11.0 Å². The molecule has 0 saturated heterocycles. The number of carbonyl (C=O) groups is 3. The summed E-state index contributed by atoms with van der Waals surface area (Å²) in [5.41, 5.74) is 5.03. The van der Waals surface area contributed by atoms with Crippen LogP contribution in [0.3, 0.4) is 0 Å². The van der Waals surface area contributed by atoms with Crippen molar-refractivity contribution in [3.63, 3.8) is 0 Å². The number of carbonyl (C=O) groups excluding carboxylic acids is 3. The van der Waals surface area contributed by atoms with E-state index in [1.54, 1.807) is 56.3 Å². The van der Waals surface area contributed by atoms with Gasteiger partial charge in [-0.15, -0.1) is 11.3 Å². The van der Waals surface area contributed by atoms with Crippen molar-refractivity contribution in [3.05, 3.63) is 80.7 Å². The van der Waals surface area contributed by atoms with Gasteiger partial charge in [0.2, 0.25) is 0 Å². The van der Waals surface area contributed by atoms with Crippen LogP contribution in [0.1, 0.15) is 63.9 Å². The summed E-state index contributed by atoms with van der Waals surface area (Å²) in [4.78, 5) is 39.2. The molecule has 10 heteroatoms. The Labute approximate surface area is 236 Å². The van der Waals surface area contributed by atoms with Gasteiger partial charge < -0.3 is 14.8 Å². The molecular formula is C29H30ClN3O5S. The number of fused-ring (bicyclic) bond motifs is 1. The van der Waals surface area contributed by atoms with E-state index in [-0.39, 0.29) is 12.5 Å². The normalized spacial score (nSPS) is 15.3. The minimum absolute atomic E-state index is 0.263. The highest BCUT2D eigenvalue weighted by molar-refractivity contribution is 7.17. The molecule has 2 aromatic carbocycles. The number of esters is 1. The smallest absolute Gasteiger partial charge is 0.341 e. The molecule has 2 amide bonds. The molecule has 1 heterocycles. The van der Waals surface area contributed by atoms with E-state index in [9.17, 15) is 14.4 Å². The van der Waals surface area contributed by atoms with Gasteiger partial charge in [0.25, 0.3) is 11.8 Å². The number of amides is 2. The van der Waals surface area contributed by atoms with Crippen molar-refractivity contribution in [2.45, 2.75) is 46.1 Å². The first-order chi connectivity index (χ1) is 18.7. The highest BCUT2D eigenvalue weighted by atomic mass is 35.5. The fourth-order valence-corrected chi connectivity index (χ4v) is 5.82. The Morgan fingerprint density at radius 3 is 2.69 bits per heavy atom. The monoisotopic (exact) mass is 567 g/mol. The van der Waals surface area contributed by atoms with Gasteiger partial charge in [-0.05, 0) is 86.6 Å². The van der Waals surface area contributed by atoms with Crippen LogP contribution < -0.4 is 15.5 Å². The molecule has 1 aromatic heterocycles. The summed E-state index contributed by atoms with van der Waals surface area (Å²) in [6.45, 7) is 5.81. The third-order valence-corrected chi connectivity index (χ3v) is 7.66. The molecule has 39 heavy (non-hydrogen) atoms. The molecule has 0 aliphatic heterocycles. The predicted octanol–water partition coefficient (Wildman–Crippen LogP) is 5.87. The van der Waals surface area contributed by atoms with Crippen LogP contribution in [0.4, 0.5) is 5.00 Å². The molecular weight excluding hydrogens is 538 g/mol. The summed E-state index contributed by atoms with van der Waals surface area (Å²) in [5.74, 6) is -0.243. The van der Waals surface area contributed by atoms with Gasteiger partial charge in [-0.1, -0.05) is 30.7 Å². The first-order valence-electron chi connectivity index (χ1n) is 12.7. The van der Waals surface area contributed by atoms with Crippen LogP contribution in [0.2, 0.25) is 5.02 Å². The second kappa shape index (κ2) is 12.9. The summed E-state index contributed by atoms with van der Waals surface area (Å²) >= 11 is 7.39. The molecule has 8 nitrogen and oxygen atoms in total. The van der Waals surface area contributed by atoms with Crippen LogP contribution in [-0.2, 0) is 22.4 Å². The third-order valence-electron chi connectivity index (χ3n) is 6.25. The van der Waals surface area contributed by atoms with Gasteiger partial charge >= 0.3 is 5.97 Å². The largest absolute Gasteiger partial charge is 0.481 e. The van der Waals surface area contributed by atoms with Crippen molar-refractivity contribution >= 4 is 51.9 Å². The van der Waals surface area contributed by atoms with Crippen molar-refractivity contribution in [2.75, 3.05) is 11.9 Å². The molecule has 204 valence electrons. The van der Waals surface area contributed by atoms with Crippen LogP contribution in [-0.4, -0.2) is 36.7 Å². The molecule has 0 radical (unpaired) electrons. The lowest BCUT2D eigenvalue weighted by atomic mass is 9.88. The second-order valence-electron chi connectivity index (χ2n) is 9.30. The van der Waals surface area contributed by atoms with Gasteiger partial charge in [-0.25, -0.2) is 10.2 Å². The van der Waals surface area contributed by atoms with Gasteiger partial charge in [0.1, 0.15) is 10.8 Å². The van der Waals surface area contributed by atoms with E-state index in [0.717, 1.165) is 35.3 Å². The number of ether oxygens (including phenoxy) is 2. The fraction of sp³-hybridized carbons (Fsp3) is 0.310. The molecule has 1 aliphatic rings. The van der Waals surface area contributed by atoms with Crippen molar-refractivity contribution in [1.29, 1.82) is 0 Å². The van der Waals surface area contributed by atoms with Crippen molar-refractivity contribution in [3.8, 4) is 5.75 Å². The lowest BCUT2D eigenvalue weighted by Gasteiger charge is -2.18. The van der Waals surface area contributed by atoms with Gasteiger partial charge in [0.05, 0.1) is 18.4 Å². The summed E-state index contributed by atoms with van der Waals surface area (Å²) in [5, 5.41) is 7.93. The zero-order chi connectivity index (χ0) is 27.9. The number of anilines is 1. The maximum atomic E-state index is 13.0. The van der Waals surface area contributed by atoms with E-state index in [0.29, 0.717) is 32.8 Å². The minimum Gasteiger partial charge on any atom is -0.481 e. The second-order valence-corrected chi connectivity index (χ2v) is 10.8. The first kappa shape index (κ1) is 28.3. The van der Waals surface area contributed by atoms with Gasteiger partial charge in [0.15, 0.2) is 6.10 Å². The number of hydrogen-bond donors (Lipinski definition) is 2. The van der Waals surface area contributed by atoms with E-state index in [4.69, 9.17) is 21.1 Å². The summed E-state index contributed by atoms with van der Waals surface area (Å²) < 4.78 is 11.0. The number of benzene rings is 2. The predicted molar refractivity (Wildman–Crippen MR) is 153 cm³/mol. The quantitative estimate of drug-likeness (QED) is 0.191. The topological polar surface area (TPSA) is 106 Å². The maximum absolute atomic E-state index is 13.0. The molecule has 0 fully saturated rings. The van der Waals surface area contributed by atoms with E-state index >= 15 is 0 Å². The first-order valence-corrected chi connectivity index (χ1v) is 13.9. The van der Waals surface area contributed by atoms with Crippen molar-refractivity contribution < 1.29 is 23.9 Å². The van der Waals surface area contributed by atoms with Gasteiger partial charge in [0, 0.05) is 15.5 Å². The van der Waals surface area contributed by atoms with E-state index in [1.165, 1.54) is 17.6 Å². The minimum atomic E-state index is -0.826. The molecule has 3 aromatic rings. The summed E-state index contributed by atoms with van der Waals surface area (Å²) in [6, 6.07) is 13.5. The van der Waals surface area contributed by atoms with Crippen molar-refractivity contribution in [1.82, 2.24) is 5.43 Å². The van der Waals surface area contributed by atoms with E-state index < -0.39 is 18.0 Å². The van der Waals surface area contributed by atoms with Crippen LogP contribution in [0.25, 0.3) is 0 Å². The SMILES string of the molecule is CCOC(=O)c1c(NC(=O)c2ccc(OC(C)C(=O)N/N=C/c3cccc(Cl)c3)cc2)sc2c1CCC(C)C2. The highest BCUT2D eigenvalue weighted by Crippen LogP contribution is 2.40. The number of hydrogen-bond acceptors (Lipinski definition) is 7. The highest BCUT2D eigenvalue weighted by Gasteiger charge is 2.29. The Morgan fingerprint density at radius 1 is 1.21 bits per heavy atom. The molecule has 0 bridgehead atoms. The number of thiophene rings is 1. The Kier molecular flexibility index (Phi) is 9.37. The van der Waals surface area contributed by atoms with Crippen LogP contribution in [0, 0.1) is 5.92 Å². The standard InChI is InChI=1S/C29H30ClN3O5S/c1-4-37-29(36)25-23-13-8-17(2)14-24(23)39-28(25)32-27(35)20-9-11-22(12-10-20)38-18(3)26(34)33-31-16-19-6-5-7-21(30)15-19/h5-7,9-12,15-18H,4,8,13-14H2,1-3H3,(H,32,35)(H,33,34)/b31-16+. The molecule has 2 unspecified atom stereocenters. The number of nitrogens with one attached hydrogen (secondary N) is 2. The molecule has 0 saturated carbocycles. The lowest BCUT2D eigenvalue weighted by molar-refractivity contribution is -0.127. The Hall–Kier alpha value is -3.69. The molecule has 1 aliphatic carbocycles. The number of halogens is 1. The Bertz CT molecular complexity index is 1390.